The first-order valence-corrected chi connectivity index (χ1v) is 4.19. The number of H-pyrrole nitrogens is 1. The second-order valence-electron chi connectivity index (χ2n) is 2.82. The topological polar surface area (TPSA) is 107 Å². The molecule has 0 aliphatic carbocycles. The minimum Gasteiger partial charge on any atom is -0.383 e. The highest BCUT2D eigenvalue weighted by atomic mass is 16.5. The molecular formula is C8H11N3O4. The fourth-order valence-corrected chi connectivity index (χ4v) is 1.07. The maximum atomic E-state index is 11.5. The number of nitrogens with zero attached hydrogens (tertiary/aromatic N) is 1. The van der Waals surface area contributed by atoms with Gasteiger partial charge in [0.2, 0.25) is 0 Å². The van der Waals surface area contributed by atoms with Crippen LogP contribution in [0, 0.1) is 0 Å². The van der Waals surface area contributed by atoms with E-state index in [9.17, 15) is 14.4 Å². The van der Waals surface area contributed by atoms with Crippen molar-refractivity contribution in [3.8, 4) is 0 Å². The number of methoxy groups -OCH3 is 1. The van der Waals surface area contributed by atoms with E-state index in [0.717, 1.165) is 10.8 Å². The fraction of sp³-hybridized carbons (Fsp3) is 0.375. The van der Waals surface area contributed by atoms with E-state index in [4.69, 9.17) is 10.5 Å². The molecule has 1 aromatic heterocycles. The van der Waals surface area contributed by atoms with E-state index in [0.29, 0.717) is 0 Å². The molecule has 1 amide bonds. The Morgan fingerprint density at radius 3 is 2.80 bits per heavy atom. The molecule has 0 aliphatic rings. The highest BCUT2D eigenvalue weighted by molar-refractivity contribution is 5.91. The predicted octanol–water partition coefficient (Wildman–Crippen LogP) is -1.72. The number of nitrogens with two attached hydrogens (primary N) is 1. The Balaban J connectivity index is 3.25. The Hall–Kier alpha value is -1.89. The van der Waals surface area contributed by atoms with Crippen LogP contribution in [0.15, 0.2) is 15.8 Å². The quantitative estimate of drug-likeness (QED) is 0.620. The SMILES string of the molecule is COCCn1c(=O)[nH]cc(C(N)=O)c1=O. The van der Waals surface area contributed by atoms with Gasteiger partial charge in [-0.05, 0) is 0 Å². The second-order valence-corrected chi connectivity index (χ2v) is 2.82. The van der Waals surface area contributed by atoms with Crippen molar-refractivity contribution in [2.45, 2.75) is 6.54 Å². The van der Waals surface area contributed by atoms with Crippen molar-refractivity contribution in [2.24, 2.45) is 5.73 Å². The first-order chi connectivity index (χ1) is 7.07. The zero-order valence-corrected chi connectivity index (χ0v) is 8.15. The second kappa shape index (κ2) is 4.56. The van der Waals surface area contributed by atoms with Crippen molar-refractivity contribution in [3.05, 3.63) is 32.6 Å². The average molecular weight is 213 g/mol. The lowest BCUT2D eigenvalue weighted by molar-refractivity contribution is 0.0997. The van der Waals surface area contributed by atoms with Crippen molar-refractivity contribution in [1.29, 1.82) is 0 Å². The first kappa shape index (κ1) is 11.2. The lowest BCUT2D eigenvalue weighted by atomic mass is 10.3. The molecule has 0 saturated heterocycles. The zero-order chi connectivity index (χ0) is 11.4. The first-order valence-electron chi connectivity index (χ1n) is 4.19. The summed E-state index contributed by atoms with van der Waals surface area (Å²) in [5.41, 5.74) is 3.41. The van der Waals surface area contributed by atoms with Crippen molar-refractivity contribution in [1.82, 2.24) is 9.55 Å². The van der Waals surface area contributed by atoms with Crippen LogP contribution in [0.5, 0.6) is 0 Å². The van der Waals surface area contributed by atoms with Crippen molar-refractivity contribution in [3.63, 3.8) is 0 Å². The zero-order valence-electron chi connectivity index (χ0n) is 8.15. The Kier molecular flexibility index (Phi) is 3.40. The van der Waals surface area contributed by atoms with Gasteiger partial charge in [-0.3, -0.25) is 14.2 Å². The van der Waals surface area contributed by atoms with Crippen LogP contribution in [0.3, 0.4) is 0 Å². The van der Waals surface area contributed by atoms with Crippen LogP contribution in [-0.2, 0) is 11.3 Å². The minimum absolute atomic E-state index is 0.0752. The number of aromatic nitrogens is 2. The van der Waals surface area contributed by atoms with Gasteiger partial charge in [0.25, 0.3) is 11.5 Å². The maximum absolute atomic E-state index is 11.5. The number of nitrogens with one attached hydrogen (secondary N) is 1. The van der Waals surface area contributed by atoms with E-state index in [1.54, 1.807) is 0 Å². The van der Waals surface area contributed by atoms with E-state index in [2.05, 4.69) is 4.98 Å². The molecule has 0 aliphatic heterocycles. The molecule has 1 rings (SSSR count). The number of rotatable bonds is 4. The normalized spacial score (nSPS) is 10.2. The molecule has 1 heterocycles. The predicted molar refractivity (Wildman–Crippen MR) is 51.7 cm³/mol. The largest absolute Gasteiger partial charge is 0.383 e. The summed E-state index contributed by atoms with van der Waals surface area (Å²) in [4.78, 5) is 35.8. The van der Waals surface area contributed by atoms with E-state index >= 15 is 0 Å². The molecule has 0 unspecified atom stereocenters. The van der Waals surface area contributed by atoms with E-state index in [-0.39, 0.29) is 18.7 Å². The van der Waals surface area contributed by atoms with E-state index < -0.39 is 17.2 Å². The van der Waals surface area contributed by atoms with Gasteiger partial charge in [0.05, 0.1) is 13.2 Å². The summed E-state index contributed by atoms with van der Waals surface area (Å²) in [7, 11) is 1.44. The van der Waals surface area contributed by atoms with Crippen molar-refractivity contribution < 1.29 is 9.53 Å². The van der Waals surface area contributed by atoms with Gasteiger partial charge < -0.3 is 15.5 Å². The summed E-state index contributed by atoms with van der Waals surface area (Å²) in [6.45, 7) is 0.275. The van der Waals surface area contributed by atoms with Crippen LogP contribution in [0.25, 0.3) is 0 Å². The Bertz CT molecular complexity index is 474. The lowest BCUT2D eigenvalue weighted by Gasteiger charge is -2.04. The summed E-state index contributed by atoms with van der Waals surface area (Å²) in [5, 5.41) is 0. The lowest BCUT2D eigenvalue weighted by Crippen LogP contribution is -2.40. The van der Waals surface area contributed by atoms with Gasteiger partial charge in [-0.2, -0.15) is 0 Å². The third-order valence-electron chi connectivity index (χ3n) is 1.85. The summed E-state index contributed by atoms with van der Waals surface area (Å²) in [6, 6.07) is 0. The maximum Gasteiger partial charge on any atom is 0.328 e. The smallest absolute Gasteiger partial charge is 0.328 e. The monoisotopic (exact) mass is 213 g/mol. The number of primary amides is 1. The average Bonchev–Trinajstić information content (AvgIpc) is 2.17. The Labute approximate surface area is 84.5 Å². The number of hydrogen-bond acceptors (Lipinski definition) is 4. The number of carbonyl (C=O) groups excluding carboxylic acids is 1. The summed E-state index contributed by atoms with van der Waals surface area (Å²) >= 11 is 0. The van der Waals surface area contributed by atoms with Crippen LogP contribution in [0.1, 0.15) is 10.4 Å². The van der Waals surface area contributed by atoms with E-state index in [1.807, 2.05) is 0 Å². The summed E-state index contributed by atoms with van der Waals surface area (Å²) in [6.07, 6.45) is 1.01. The molecule has 0 saturated carbocycles. The third kappa shape index (κ3) is 2.32. The molecular weight excluding hydrogens is 202 g/mol. The molecule has 0 spiro atoms. The van der Waals surface area contributed by atoms with Crippen LogP contribution >= 0.6 is 0 Å². The molecule has 15 heavy (non-hydrogen) atoms. The number of amides is 1. The molecule has 0 atom stereocenters. The van der Waals surface area contributed by atoms with Gasteiger partial charge in [-0.1, -0.05) is 0 Å². The van der Waals surface area contributed by atoms with Crippen LogP contribution in [0.4, 0.5) is 0 Å². The van der Waals surface area contributed by atoms with Crippen molar-refractivity contribution >= 4 is 5.91 Å². The summed E-state index contributed by atoms with van der Waals surface area (Å²) < 4.78 is 5.59. The molecule has 1 aromatic rings. The number of carbonyl (C=O) groups is 1. The minimum atomic E-state index is -0.873. The molecule has 0 aromatic carbocycles. The van der Waals surface area contributed by atoms with Crippen LogP contribution in [-0.4, -0.2) is 29.2 Å². The van der Waals surface area contributed by atoms with Gasteiger partial charge in [0.1, 0.15) is 5.56 Å². The number of ether oxygens (including phenoxy) is 1. The van der Waals surface area contributed by atoms with E-state index in [1.165, 1.54) is 7.11 Å². The molecule has 7 heteroatoms. The number of aromatic amines is 1. The fourth-order valence-electron chi connectivity index (χ4n) is 1.07. The molecule has 0 fully saturated rings. The number of hydrogen-bond donors (Lipinski definition) is 2. The Morgan fingerprint density at radius 1 is 1.60 bits per heavy atom. The molecule has 0 radical (unpaired) electrons. The van der Waals surface area contributed by atoms with Gasteiger partial charge >= 0.3 is 5.69 Å². The van der Waals surface area contributed by atoms with Crippen LogP contribution < -0.4 is 17.0 Å². The van der Waals surface area contributed by atoms with Crippen molar-refractivity contribution in [2.75, 3.05) is 13.7 Å². The Morgan fingerprint density at radius 2 is 2.27 bits per heavy atom. The van der Waals surface area contributed by atoms with Gasteiger partial charge in [0, 0.05) is 13.3 Å². The third-order valence-corrected chi connectivity index (χ3v) is 1.85. The molecule has 7 nitrogen and oxygen atoms in total. The molecule has 0 bridgehead atoms. The molecule has 82 valence electrons. The highest BCUT2D eigenvalue weighted by Gasteiger charge is 2.10. The van der Waals surface area contributed by atoms with Gasteiger partial charge in [-0.25, -0.2) is 4.79 Å². The van der Waals surface area contributed by atoms with Gasteiger partial charge in [-0.15, -0.1) is 0 Å². The standard InChI is InChI=1S/C8H11N3O4/c1-15-3-2-11-7(13)5(6(9)12)4-10-8(11)14/h4H,2-3H2,1H3,(H2,9,12)(H,10,14). The van der Waals surface area contributed by atoms with Crippen LogP contribution in [0.2, 0.25) is 0 Å². The summed E-state index contributed by atoms with van der Waals surface area (Å²) in [5.74, 6) is -0.873. The highest BCUT2D eigenvalue weighted by Crippen LogP contribution is 1.83. The van der Waals surface area contributed by atoms with Gasteiger partial charge in [0.15, 0.2) is 0 Å². The molecule has 3 N–H and O–H groups in total.